The van der Waals surface area contributed by atoms with Crippen LogP contribution < -0.4 is 4.74 Å². The van der Waals surface area contributed by atoms with E-state index in [9.17, 15) is 14.7 Å². The van der Waals surface area contributed by atoms with Crippen molar-refractivity contribution in [1.82, 2.24) is 14.8 Å². The molecule has 0 aliphatic carbocycles. The van der Waals surface area contributed by atoms with E-state index in [2.05, 4.69) is 4.98 Å². The second-order valence-corrected chi connectivity index (χ2v) is 8.97. The van der Waals surface area contributed by atoms with E-state index in [0.717, 1.165) is 10.7 Å². The largest absolute Gasteiger partial charge is 0.496 e. The van der Waals surface area contributed by atoms with Gasteiger partial charge in [-0.3, -0.25) is 9.59 Å². The van der Waals surface area contributed by atoms with Crippen LogP contribution in [0.1, 0.15) is 21.1 Å². The molecule has 1 aromatic carbocycles. The minimum atomic E-state index is -0.467. The van der Waals surface area contributed by atoms with Crippen molar-refractivity contribution in [3.63, 3.8) is 0 Å². The summed E-state index contributed by atoms with van der Waals surface area (Å²) >= 11 is 1.54. The van der Waals surface area contributed by atoms with Crippen molar-refractivity contribution in [2.75, 3.05) is 39.9 Å². The van der Waals surface area contributed by atoms with Gasteiger partial charge in [-0.15, -0.1) is 11.3 Å². The van der Waals surface area contributed by atoms with Crippen LogP contribution in [0.2, 0.25) is 0 Å². The van der Waals surface area contributed by atoms with Crippen molar-refractivity contribution in [3.8, 4) is 5.75 Å². The van der Waals surface area contributed by atoms with Crippen LogP contribution in [-0.4, -0.2) is 71.6 Å². The monoisotopic (exact) mass is 415 g/mol. The first kappa shape index (κ1) is 19.8. The van der Waals surface area contributed by atoms with Crippen LogP contribution in [0.4, 0.5) is 0 Å². The van der Waals surface area contributed by atoms with Crippen molar-refractivity contribution in [3.05, 3.63) is 45.9 Å². The summed E-state index contributed by atoms with van der Waals surface area (Å²) in [5.41, 5.74) is 0.848. The van der Waals surface area contributed by atoms with E-state index < -0.39 is 5.41 Å². The number of nitrogens with zero attached hydrogens (tertiary/aromatic N) is 3. The Hall–Kier alpha value is -2.45. The number of ether oxygens (including phenoxy) is 1. The molecule has 4 rings (SSSR count). The molecule has 7 nitrogen and oxygen atoms in total. The van der Waals surface area contributed by atoms with Gasteiger partial charge in [-0.1, -0.05) is 12.1 Å². The minimum Gasteiger partial charge on any atom is -0.496 e. The zero-order valence-corrected chi connectivity index (χ0v) is 17.4. The molecule has 8 heteroatoms. The number of aliphatic hydroxyl groups excluding tert-OH is 1. The summed E-state index contributed by atoms with van der Waals surface area (Å²) in [6.45, 7) is 3.85. The number of methoxy groups -OCH3 is 1. The molecular formula is C21H25N3O4S. The van der Waals surface area contributed by atoms with Gasteiger partial charge in [0.2, 0.25) is 5.91 Å². The molecule has 0 radical (unpaired) electrons. The fourth-order valence-electron chi connectivity index (χ4n) is 4.50. The van der Waals surface area contributed by atoms with Crippen molar-refractivity contribution in [2.45, 2.75) is 13.3 Å². The first-order valence-corrected chi connectivity index (χ1v) is 10.6. The number of aliphatic hydroxyl groups is 1. The van der Waals surface area contributed by atoms with Crippen molar-refractivity contribution in [1.29, 1.82) is 0 Å². The molecule has 3 heterocycles. The summed E-state index contributed by atoms with van der Waals surface area (Å²) in [5, 5.41) is 13.0. The van der Waals surface area contributed by atoms with Crippen LogP contribution in [0, 0.1) is 18.3 Å². The van der Waals surface area contributed by atoms with Gasteiger partial charge in [-0.2, -0.15) is 0 Å². The lowest BCUT2D eigenvalue weighted by atomic mass is 9.82. The van der Waals surface area contributed by atoms with Crippen molar-refractivity contribution >= 4 is 23.2 Å². The van der Waals surface area contributed by atoms with Crippen LogP contribution in [-0.2, 0) is 11.2 Å². The summed E-state index contributed by atoms with van der Waals surface area (Å²) < 4.78 is 5.32. The zero-order chi connectivity index (χ0) is 20.6. The lowest BCUT2D eigenvalue weighted by Crippen LogP contribution is -2.40. The second kappa shape index (κ2) is 7.76. The highest BCUT2D eigenvalue weighted by atomic mass is 32.1. The summed E-state index contributed by atoms with van der Waals surface area (Å²) in [4.78, 5) is 33.8. The number of carbonyl (C=O) groups is 2. The first-order chi connectivity index (χ1) is 14.0. The number of benzene rings is 1. The van der Waals surface area contributed by atoms with E-state index in [-0.39, 0.29) is 30.8 Å². The zero-order valence-electron chi connectivity index (χ0n) is 16.6. The standard InChI is InChI=1S/C21H25N3O4S/c1-14-22-16(10-29-14)7-19(26)23-8-15-9-24(12-21(15,11-23)13-25)20(27)17-5-3-4-6-18(17)28-2/h3-6,10,15,25H,7-9,11-13H2,1-2H3. The first-order valence-electron chi connectivity index (χ1n) is 9.67. The molecule has 0 bridgehead atoms. The average molecular weight is 416 g/mol. The van der Waals surface area contributed by atoms with Gasteiger partial charge in [0.1, 0.15) is 5.75 Å². The molecule has 2 aliphatic rings. The number of fused-ring (bicyclic) bond motifs is 1. The molecule has 2 fully saturated rings. The van der Waals surface area contributed by atoms with Crippen molar-refractivity contribution in [2.24, 2.45) is 11.3 Å². The molecule has 2 atom stereocenters. The van der Waals surface area contributed by atoms with Gasteiger partial charge in [0.15, 0.2) is 0 Å². The van der Waals surface area contributed by atoms with E-state index in [1.165, 1.54) is 11.3 Å². The molecular weight excluding hydrogens is 390 g/mol. The number of carbonyl (C=O) groups excluding carboxylic acids is 2. The topological polar surface area (TPSA) is 83.0 Å². The van der Waals surface area contributed by atoms with Crippen LogP contribution in [0.25, 0.3) is 0 Å². The van der Waals surface area contributed by atoms with Crippen LogP contribution in [0.5, 0.6) is 5.75 Å². The number of rotatable bonds is 5. The van der Waals surface area contributed by atoms with Gasteiger partial charge in [0, 0.05) is 42.9 Å². The van der Waals surface area contributed by atoms with E-state index in [4.69, 9.17) is 4.74 Å². The fraction of sp³-hybridized carbons (Fsp3) is 0.476. The van der Waals surface area contributed by atoms with Gasteiger partial charge in [0.25, 0.3) is 5.91 Å². The Balaban J connectivity index is 1.45. The molecule has 2 aromatic rings. The number of aryl methyl sites for hydroxylation is 1. The predicted molar refractivity (Wildman–Crippen MR) is 109 cm³/mol. The third kappa shape index (κ3) is 3.62. The Bertz CT molecular complexity index is 930. The number of likely N-dealkylation sites (tertiary alicyclic amines) is 2. The second-order valence-electron chi connectivity index (χ2n) is 7.91. The number of thiazole rings is 1. The van der Waals surface area contributed by atoms with Crippen LogP contribution in [0.3, 0.4) is 0 Å². The number of hydrogen-bond acceptors (Lipinski definition) is 6. The molecule has 0 spiro atoms. The summed E-state index contributed by atoms with van der Waals surface area (Å²) in [5.74, 6) is 0.538. The van der Waals surface area contributed by atoms with Gasteiger partial charge in [-0.25, -0.2) is 4.98 Å². The van der Waals surface area contributed by atoms with Gasteiger partial charge in [0.05, 0.1) is 36.4 Å². The lowest BCUT2D eigenvalue weighted by molar-refractivity contribution is -0.130. The molecule has 2 unspecified atom stereocenters. The number of aromatic nitrogens is 1. The summed E-state index contributed by atoms with van der Waals surface area (Å²) in [7, 11) is 1.55. The molecule has 2 amide bonds. The summed E-state index contributed by atoms with van der Waals surface area (Å²) in [6.07, 6.45) is 0.280. The Morgan fingerprint density at radius 1 is 1.28 bits per heavy atom. The maximum Gasteiger partial charge on any atom is 0.257 e. The van der Waals surface area contributed by atoms with Gasteiger partial charge >= 0.3 is 0 Å². The molecule has 1 aromatic heterocycles. The van der Waals surface area contributed by atoms with Crippen molar-refractivity contribution < 1.29 is 19.4 Å². The molecule has 2 saturated heterocycles. The number of hydrogen-bond donors (Lipinski definition) is 1. The highest BCUT2D eigenvalue weighted by Crippen LogP contribution is 2.43. The van der Waals surface area contributed by atoms with E-state index in [1.807, 2.05) is 29.3 Å². The molecule has 1 N–H and O–H groups in total. The predicted octanol–water partition coefficient (Wildman–Crippen LogP) is 1.60. The van der Waals surface area contributed by atoms with Crippen LogP contribution in [0.15, 0.2) is 29.6 Å². The highest BCUT2D eigenvalue weighted by molar-refractivity contribution is 7.09. The SMILES string of the molecule is COc1ccccc1C(=O)N1CC2CN(C(=O)Cc3csc(C)n3)CC2(CO)C1. The third-order valence-corrected chi connectivity index (χ3v) is 6.87. The minimum absolute atomic E-state index is 0.0279. The third-order valence-electron chi connectivity index (χ3n) is 6.05. The number of para-hydroxylation sites is 1. The Morgan fingerprint density at radius 2 is 2.00 bits per heavy atom. The number of amides is 2. The van der Waals surface area contributed by atoms with E-state index in [1.54, 1.807) is 24.1 Å². The highest BCUT2D eigenvalue weighted by Gasteiger charge is 2.54. The Kier molecular flexibility index (Phi) is 5.31. The van der Waals surface area contributed by atoms with Crippen LogP contribution >= 0.6 is 11.3 Å². The van der Waals surface area contributed by atoms with E-state index in [0.29, 0.717) is 37.5 Å². The van der Waals surface area contributed by atoms with Gasteiger partial charge in [-0.05, 0) is 19.1 Å². The lowest BCUT2D eigenvalue weighted by Gasteiger charge is -2.27. The molecule has 154 valence electrons. The smallest absolute Gasteiger partial charge is 0.257 e. The summed E-state index contributed by atoms with van der Waals surface area (Å²) in [6, 6.07) is 7.17. The quantitative estimate of drug-likeness (QED) is 0.802. The van der Waals surface area contributed by atoms with E-state index >= 15 is 0 Å². The average Bonchev–Trinajstić information content (AvgIpc) is 3.39. The fourth-order valence-corrected chi connectivity index (χ4v) is 5.11. The molecule has 2 aliphatic heterocycles. The maximum absolute atomic E-state index is 13.1. The Labute approximate surface area is 173 Å². The molecule has 0 saturated carbocycles. The Morgan fingerprint density at radius 3 is 2.66 bits per heavy atom. The maximum atomic E-state index is 13.1. The molecule has 29 heavy (non-hydrogen) atoms. The normalized spacial score (nSPS) is 23.3. The van der Waals surface area contributed by atoms with Gasteiger partial charge < -0.3 is 19.6 Å².